The Morgan fingerprint density at radius 3 is 2.33 bits per heavy atom. The lowest BCUT2D eigenvalue weighted by atomic mass is 9.77. The highest BCUT2D eigenvalue weighted by atomic mass is 14.6. The second kappa shape index (κ2) is 4.51. The summed E-state index contributed by atoms with van der Waals surface area (Å²) in [7, 11) is 0. The highest BCUT2D eigenvalue weighted by Gasteiger charge is 2.23. The average Bonchev–Trinajstić information content (AvgIpc) is 2.04. The minimum absolute atomic E-state index is 0.213. The first-order chi connectivity index (χ1) is 5.44. The van der Waals surface area contributed by atoms with Crippen LogP contribution < -0.4 is 11.5 Å². The van der Waals surface area contributed by atoms with Gasteiger partial charge in [0.05, 0.1) is 0 Å². The molecule has 1 atom stereocenters. The molecule has 0 heterocycles. The van der Waals surface area contributed by atoms with Crippen LogP contribution in [0.2, 0.25) is 0 Å². The Morgan fingerprint density at radius 2 is 2.00 bits per heavy atom. The van der Waals surface area contributed by atoms with Crippen LogP contribution in [0.3, 0.4) is 0 Å². The second-order valence-electron chi connectivity index (χ2n) is 4.31. The van der Waals surface area contributed by atoms with E-state index in [9.17, 15) is 0 Å². The lowest BCUT2D eigenvalue weighted by Crippen LogP contribution is -2.30. The number of allylic oxidation sites excluding steroid dienone is 1. The first-order valence-electron chi connectivity index (χ1n) is 4.51. The molecule has 0 spiro atoms. The van der Waals surface area contributed by atoms with Gasteiger partial charge in [-0.3, -0.25) is 0 Å². The summed E-state index contributed by atoms with van der Waals surface area (Å²) >= 11 is 0. The molecule has 0 aliphatic heterocycles. The summed E-state index contributed by atoms with van der Waals surface area (Å²) in [5.41, 5.74) is 12.5. The molecule has 0 aliphatic carbocycles. The van der Waals surface area contributed by atoms with Gasteiger partial charge in [-0.15, -0.1) is 0 Å². The fourth-order valence-corrected chi connectivity index (χ4v) is 1.03. The Balaban J connectivity index is 4.12. The van der Waals surface area contributed by atoms with Crippen LogP contribution in [-0.4, -0.2) is 6.54 Å². The molecule has 0 radical (unpaired) electrons. The van der Waals surface area contributed by atoms with E-state index in [2.05, 4.69) is 27.7 Å². The number of rotatable bonds is 4. The number of nitrogens with two attached hydrogens (primary N) is 2. The van der Waals surface area contributed by atoms with Crippen LogP contribution in [0.15, 0.2) is 11.8 Å². The van der Waals surface area contributed by atoms with Gasteiger partial charge >= 0.3 is 0 Å². The molecule has 72 valence electrons. The Morgan fingerprint density at radius 1 is 1.50 bits per heavy atom. The van der Waals surface area contributed by atoms with Gasteiger partial charge in [0.15, 0.2) is 0 Å². The molecule has 0 aromatic carbocycles. The van der Waals surface area contributed by atoms with Crippen LogP contribution in [-0.2, 0) is 0 Å². The van der Waals surface area contributed by atoms with Gasteiger partial charge in [-0.1, -0.05) is 26.3 Å². The van der Waals surface area contributed by atoms with Gasteiger partial charge in [0.2, 0.25) is 0 Å². The minimum atomic E-state index is 0.213. The van der Waals surface area contributed by atoms with Gasteiger partial charge in [-0.25, -0.2) is 0 Å². The van der Waals surface area contributed by atoms with E-state index in [-0.39, 0.29) is 5.41 Å². The average molecular weight is 170 g/mol. The van der Waals surface area contributed by atoms with Gasteiger partial charge < -0.3 is 11.5 Å². The summed E-state index contributed by atoms with van der Waals surface area (Å²) in [4.78, 5) is 0. The summed E-state index contributed by atoms with van der Waals surface area (Å²) in [5.74, 6) is 0.585. The van der Waals surface area contributed by atoms with E-state index in [1.807, 2.05) is 0 Å². The van der Waals surface area contributed by atoms with Crippen LogP contribution in [0.25, 0.3) is 0 Å². The van der Waals surface area contributed by atoms with Crippen molar-refractivity contribution in [1.82, 2.24) is 0 Å². The summed E-state index contributed by atoms with van der Waals surface area (Å²) in [6.07, 6.45) is 2.73. The molecule has 2 nitrogen and oxygen atoms in total. The van der Waals surface area contributed by atoms with E-state index in [0.29, 0.717) is 5.92 Å². The maximum absolute atomic E-state index is 5.67. The Hall–Kier alpha value is -0.500. The molecule has 4 N–H and O–H groups in total. The molecule has 0 aromatic rings. The van der Waals surface area contributed by atoms with E-state index < -0.39 is 0 Å². The van der Waals surface area contributed by atoms with Crippen molar-refractivity contribution in [2.75, 3.05) is 6.54 Å². The number of hydrogen-bond donors (Lipinski definition) is 2. The Labute approximate surface area is 76.0 Å². The maximum atomic E-state index is 5.67. The van der Waals surface area contributed by atoms with Crippen LogP contribution >= 0.6 is 0 Å². The molecule has 0 rings (SSSR count). The van der Waals surface area contributed by atoms with E-state index in [1.54, 1.807) is 6.20 Å². The molecule has 0 saturated carbocycles. The monoisotopic (exact) mass is 170 g/mol. The third-order valence-corrected chi connectivity index (χ3v) is 2.77. The first kappa shape index (κ1) is 11.5. The van der Waals surface area contributed by atoms with Crippen molar-refractivity contribution in [1.29, 1.82) is 0 Å². The maximum Gasteiger partial charge on any atom is -0.00232 e. The van der Waals surface area contributed by atoms with E-state index in [0.717, 1.165) is 13.0 Å². The highest BCUT2D eigenvalue weighted by Crippen LogP contribution is 2.29. The van der Waals surface area contributed by atoms with Gasteiger partial charge in [0.25, 0.3) is 0 Å². The fraction of sp³-hybridized carbons (Fsp3) is 0.800. The van der Waals surface area contributed by atoms with Crippen LogP contribution in [0.1, 0.15) is 34.1 Å². The molecule has 0 aromatic heterocycles. The zero-order valence-electron chi connectivity index (χ0n) is 8.72. The topological polar surface area (TPSA) is 52.0 Å². The van der Waals surface area contributed by atoms with Gasteiger partial charge in [-0.05, 0) is 37.4 Å². The molecule has 0 saturated heterocycles. The Kier molecular flexibility index (Phi) is 4.32. The third kappa shape index (κ3) is 3.26. The summed E-state index contributed by atoms with van der Waals surface area (Å²) in [6, 6.07) is 0. The summed E-state index contributed by atoms with van der Waals surface area (Å²) in [6.45, 7) is 9.40. The molecule has 0 bridgehead atoms. The minimum Gasteiger partial charge on any atom is -0.405 e. The van der Waals surface area contributed by atoms with Crippen molar-refractivity contribution in [3.63, 3.8) is 0 Å². The van der Waals surface area contributed by atoms with Crippen LogP contribution in [0, 0.1) is 11.3 Å². The van der Waals surface area contributed by atoms with Gasteiger partial charge in [-0.2, -0.15) is 0 Å². The largest absolute Gasteiger partial charge is 0.405 e. The van der Waals surface area contributed by atoms with E-state index >= 15 is 0 Å². The zero-order valence-corrected chi connectivity index (χ0v) is 8.72. The van der Waals surface area contributed by atoms with Gasteiger partial charge in [0.1, 0.15) is 0 Å². The summed E-state index contributed by atoms with van der Waals surface area (Å²) < 4.78 is 0. The van der Waals surface area contributed by atoms with Crippen LogP contribution in [0.4, 0.5) is 0 Å². The predicted octanol–water partition coefficient (Wildman–Crippen LogP) is 1.86. The first-order valence-corrected chi connectivity index (χ1v) is 4.51. The number of hydrogen-bond acceptors (Lipinski definition) is 2. The second-order valence-corrected chi connectivity index (χ2v) is 4.31. The summed E-state index contributed by atoms with van der Waals surface area (Å²) in [5, 5.41) is 0. The SMILES string of the molecule is C/C(=C/N)CC(C)C(C)(C)CN. The molecular weight excluding hydrogens is 148 g/mol. The standard InChI is InChI=1S/C10H22N2/c1-8(6-11)5-9(2)10(3,4)7-12/h6,9H,5,7,11-12H2,1-4H3/b8-6-. The zero-order chi connectivity index (χ0) is 9.78. The van der Waals surface area contributed by atoms with Crippen LogP contribution in [0.5, 0.6) is 0 Å². The highest BCUT2D eigenvalue weighted by molar-refractivity contribution is 4.98. The van der Waals surface area contributed by atoms with Crippen molar-refractivity contribution in [3.8, 4) is 0 Å². The lowest BCUT2D eigenvalue weighted by Gasteiger charge is -2.30. The smallest absolute Gasteiger partial charge is 0.00232 e. The molecule has 12 heavy (non-hydrogen) atoms. The normalized spacial score (nSPS) is 16.2. The van der Waals surface area contributed by atoms with Crippen molar-refractivity contribution in [3.05, 3.63) is 11.8 Å². The van der Waals surface area contributed by atoms with Gasteiger partial charge in [0, 0.05) is 0 Å². The molecule has 1 unspecified atom stereocenters. The molecule has 0 amide bonds. The third-order valence-electron chi connectivity index (χ3n) is 2.77. The van der Waals surface area contributed by atoms with Crippen molar-refractivity contribution in [2.45, 2.75) is 34.1 Å². The molecule has 0 fully saturated rings. The predicted molar refractivity (Wildman–Crippen MR) is 54.6 cm³/mol. The quantitative estimate of drug-likeness (QED) is 0.676. The fourth-order valence-electron chi connectivity index (χ4n) is 1.03. The molecule has 0 aliphatic rings. The van der Waals surface area contributed by atoms with E-state index in [1.165, 1.54) is 5.57 Å². The lowest BCUT2D eigenvalue weighted by molar-refractivity contribution is 0.239. The molecule has 2 heteroatoms. The van der Waals surface area contributed by atoms with Crippen molar-refractivity contribution < 1.29 is 0 Å². The van der Waals surface area contributed by atoms with Crippen molar-refractivity contribution in [2.24, 2.45) is 22.8 Å². The Bertz CT molecular complexity index is 159. The molecular formula is C10H22N2. The van der Waals surface area contributed by atoms with Crippen molar-refractivity contribution >= 4 is 0 Å². The van der Waals surface area contributed by atoms with E-state index in [4.69, 9.17) is 11.5 Å².